The van der Waals surface area contributed by atoms with Crippen LogP contribution in [0, 0.1) is 6.92 Å². The number of hydrogen-bond donors (Lipinski definition) is 1. The molecule has 1 heterocycles. The van der Waals surface area contributed by atoms with Crippen LogP contribution in [0.2, 0.25) is 0 Å². The molecule has 0 unspecified atom stereocenters. The van der Waals surface area contributed by atoms with Crippen molar-refractivity contribution in [3.63, 3.8) is 0 Å². The number of methoxy groups -OCH3 is 2. The first kappa shape index (κ1) is 15.4. The Morgan fingerprint density at radius 1 is 1.14 bits per heavy atom. The molecule has 0 amide bonds. The molecule has 2 rings (SSSR count). The predicted molar refractivity (Wildman–Crippen MR) is 86.7 cm³/mol. The van der Waals surface area contributed by atoms with Crippen LogP contribution in [0.1, 0.15) is 11.3 Å². The van der Waals surface area contributed by atoms with Crippen LogP contribution in [0.15, 0.2) is 12.1 Å². The predicted octanol–water partition coefficient (Wildman–Crippen LogP) is 2.35. The fourth-order valence-electron chi connectivity index (χ4n) is 2.67. The van der Waals surface area contributed by atoms with Gasteiger partial charge < -0.3 is 19.7 Å². The summed E-state index contributed by atoms with van der Waals surface area (Å²) >= 11 is 0. The monoisotopic (exact) mass is 289 g/mol. The van der Waals surface area contributed by atoms with Gasteiger partial charge in [-0.1, -0.05) is 0 Å². The number of fused-ring (bicyclic) bond motifs is 1. The lowest BCUT2D eigenvalue weighted by atomic mass is 10.0. The largest absolute Gasteiger partial charge is 0.496 e. The maximum absolute atomic E-state index is 5.55. The Balaban J connectivity index is 2.95. The number of nitrogens with one attached hydrogen (secondary N) is 1. The average molecular weight is 289 g/mol. The quantitative estimate of drug-likeness (QED) is 0.915. The minimum atomic E-state index is 0.753. The number of rotatable bonds is 5. The molecule has 0 fully saturated rings. The molecule has 0 bridgehead atoms. The van der Waals surface area contributed by atoms with Crippen molar-refractivity contribution in [2.75, 3.05) is 40.3 Å². The summed E-state index contributed by atoms with van der Waals surface area (Å²) in [4.78, 5) is 6.85. The standard InChI is InChI=1S/C16H23N3O2/c1-10-11(9-17-2)16(19(3)4)14-12(20-5)7-8-13(21-6)15(14)18-10/h7-8,17H,9H2,1-6H3. The first-order valence-corrected chi connectivity index (χ1v) is 6.91. The van der Waals surface area contributed by atoms with E-state index in [0.29, 0.717) is 0 Å². The van der Waals surface area contributed by atoms with Crippen LogP contribution in [-0.4, -0.2) is 40.3 Å². The maximum atomic E-state index is 5.55. The smallest absolute Gasteiger partial charge is 0.145 e. The summed E-state index contributed by atoms with van der Waals surface area (Å²) in [7, 11) is 9.35. The van der Waals surface area contributed by atoms with E-state index in [1.165, 1.54) is 5.56 Å². The molecule has 5 nitrogen and oxygen atoms in total. The van der Waals surface area contributed by atoms with Crippen molar-refractivity contribution in [3.05, 3.63) is 23.4 Å². The van der Waals surface area contributed by atoms with Crippen LogP contribution in [0.5, 0.6) is 11.5 Å². The summed E-state index contributed by atoms with van der Waals surface area (Å²) in [6.45, 7) is 2.78. The first-order chi connectivity index (χ1) is 10.0. The van der Waals surface area contributed by atoms with Crippen LogP contribution in [0.25, 0.3) is 10.9 Å². The Hall–Kier alpha value is -2.01. The zero-order valence-corrected chi connectivity index (χ0v) is 13.6. The van der Waals surface area contributed by atoms with Crippen molar-refractivity contribution in [2.45, 2.75) is 13.5 Å². The van der Waals surface area contributed by atoms with Gasteiger partial charge in [0.1, 0.15) is 17.0 Å². The summed E-state index contributed by atoms with van der Waals surface area (Å²) in [5, 5.41) is 4.20. The second kappa shape index (κ2) is 6.18. The summed E-state index contributed by atoms with van der Waals surface area (Å²) in [6.07, 6.45) is 0. The van der Waals surface area contributed by atoms with Gasteiger partial charge in [-0.3, -0.25) is 0 Å². The molecule has 0 aliphatic rings. The van der Waals surface area contributed by atoms with Gasteiger partial charge in [-0.15, -0.1) is 0 Å². The van der Waals surface area contributed by atoms with Crippen LogP contribution in [0.4, 0.5) is 5.69 Å². The van der Waals surface area contributed by atoms with Gasteiger partial charge in [-0.2, -0.15) is 0 Å². The summed E-state index contributed by atoms with van der Waals surface area (Å²) in [5.41, 5.74) is 4.11. The highest BCUT2D eigenvalue weighted by Gasteiger charge is 2.19. The lowest BCUT2D eigenvalue weighted by Crippen LogP contribution is -2.17. The fourth-order valence-corrected chi connectivity index (χ4v) is 2.67. The third-order valence-electron chi connectivity index (χ3n) is 3.58. The lowest BCUT2D eigenvalue weighted by Gasteiger charge is -2.23. The van der Waals surface area contributed by atoms with Crippen LogP contribution in [0.3, 0.4) is 0 Å². The van der Waals surface area contributed by atoms with Gasteiger partial charge in [0.2, 0.25) is 0 Å². The van der Waals surface area contributed by atoms with Crippen molar-refractivity contribution in [1.82, 2.24) is 10.3 Å². The molecule has 0 aliphatic carbocycles. The average Bonchev–Trinajstić information content (AvgIpc) is 2.46. The molecule has 0 saturated carbocycles. The molecule has 1 aromatic heterocycles. The Morgan fingerprint density at radius 3 is 2.29 bits per heavy atom. The number of aromatic nitrogens is 1. The van der Waals surface area contributed by atoms with Crippen LogP contribution < -0.4 is 19.7 Å². The molecule has 0 saturated heterocycles. The normalized spacial score (nSPS) is 10.8. The Kier molecular flexibility index (Phi) is 4.53. The van der Waals surface area contributed by atoms with E-state index < -0.39 is 0 Å². The van der Waals surface area contributed by atoms with E-state index in [1.807, 2.05) is 40.2 Å². The lowest BCUT2D eigenvalue weighted by molar-refractivity contribution is 0.409. The molecule has 5 heteroatoms. The number of anilines is 1. The van der Waals surface area contributed by atoms with Crippen LogP contribution in [-0.2, 0) is 6.54 Å². The van der Waals surface area contributed by atoms with E-state index in [1.54, 1.807) is 14.2 Å². The summed E-state index contributed by atoms with van der Waals surface area (Å²) in [5.74, 6) is 1.56. The van der Waals surface area contributed by atoms with Gasteiger partial charge >= 0.3 is 0 Å². The van der Waals surface area contributed by atoms with E-state index in [4.69, 9.17) is 14.5 Å². The van der Waals surface area contributed by atoms with Gasteiger partial charge in [0, 0.05) is 31.9 Å². The molecule has 1 N–H and O–H groups in total. The Morgan fingerprint density at radius 2 is 1.76 bits per heavy atom. The second-order valence-electron chi connectivity index (χ2n) is 5.14. The van der Waals surface area contributed by atoms with Crippen molar-refractivity contribution >= 4 is 16.6 Å². The Bertz CT molecular complexity index is 654. The number of benzene rings is 1. The van der Waals surface area contributed by atoms with E-state index in [2.05, 4.69) is 10.2 Å². The van der Waals surface area contributed by atoms with E-state index in [-0.39, 0.29) is 0 Å². The maximum Gasteiger partial charge on any atom is 0.145 e. The number of aryl methyl sites for hydroxylation is 1. The minimum absolute atomic E-state index is 0.753. The van der Waals surface area contributed by atoms with Crippen LogP contribution >= 0.6 is 0 Å². The number of pyridine rings is 1. The molecule has 1 aromatic carbocycles. The molecule has 114 valence electrons. The molecule has 2 aromatic rings. The molecule has 0 aliphatic heterocycles. The first-order valence-electron chi connectivity index (χ1n) is 6.91. The van der Waals surface area contributed by atoms with Crippen molar-refractivity contribution in [1.29, 1.82) is 0 Å². The van der Waals surface area contributed by atoms with E-state index in [0.717, 1.165) is 40.3 Å². The highest BCUT2D eigenvalue weighted by atomic mass is 16.5. The zero-order chi connectivity index (χ0) is 15.6. The highest BCUT2D eigenvalue weighted by molar-refractivity contribution is 6.01. The topological polar surface area (TPSA) is 46.6 Å². The van der Waals surface area contributed by atoms with Gasteiger partial charge in [0.25, 0.3) is 0 Å². The third kappa shape index (κ3) is 2.61. The minimum Gasteiger partial charge on any atom is -0.496 e. The number of nitrogens with zero attached hydrogens (tertiary/aromatic N) is 2. The summed E-state index contributed by atoms with van der Waals surface area (Å²) < 4.78 is 11.0. The fraction of sp³-hybridized carbons (Fsp3) is 0.438. The van der Waals surface area contributed by atoms with Gasteiger partial charge in [0.15, 0.2) is 0 Å². The molecule has 0 radical (unpaired) electrons. The molecule has 21 heavy (non-hydrogen) atoms. The van der Waals surface area contributed by atoms with E-state index >= 15 is 0 Å². The van der Waals surface area contributed by atoms with E-state index in [9.17, 15) is 0 Å². The SMILES string of the molecule is CNCc1c(C)nc2c(OC)ccc(OC)c2c1N(C)C. The number of ether oxygens (including phenoxy) is 2. The molecule has 0 spiro atoms. The van der Waals surface area contributed by atoms with Gasteiger partial charge in [-0.05, 0) is 26.1 Å². The van der Waals surface area contributed by atoms with Gasteiger partial charge in [-0.25, -0.2) is 4.98 Å². The molecular formula is C16H23N3O2. The zero-order valence-electron chi connectivity index (χ0n) is 13.6. The highest BCUT2D eigenvalue weighted by Crippen LogP contribution is 2.40. The van der Waals surface area contributed by atoms with Crippen molar-refractivity contribution in [3.8, 4) is 11.5 Å². The van der Waals surface area contributed by atoms with Crippen molar-refractivity contribution in [2.24, 2.45) is 0 Å². The Labute approximate surface area is 125 Å². The second-order valence-corrected chi connectivity index (χ2v) is 5.14. The molecule has 0 atom stereocenters. The third-order valence-corrected chi connectivity index (χ3v) is 3.58. The van der Waals surface area contributed by atoms with Crippen molar-refractivity contribution < 1.29 is 9.47 Å². The number of hydrogen-bond acceptors (Lipinski definition) is 5. The van der Waals surface area contributed by atoms with Gasteiger partial charge in [0.05, 0.1) is 25.3 Å². The molecular weight excluding hydrogens is 266 g/mol. The summed E-state index contributed by atoms with van der Waals surface area (Å²) in [6, 6.07) is 3.82.